The van der Waals surface area contributed by atoms with E-state index in [-0.39, 0.29) is 24.9 Å². The highest BCUT2D eigenvalue weighted by Crippen LogP contribution is 2.03. The molecule has 2 amide bonds. The topological polar surface area (TPSA) is 68.2 Å². The van der Waals surface area contributed by atoms with E-state index in [1.165, 1.54) is 4.90 Å². The van der Waals surface area contributed by atoms with Gasteiger partial charge in [0.2, 0.25) is 11.8 Å². The molecule has 0 saturated carbocycles. The third-order valence-electron chi connectivity index (χ3n) is 3.27. The number of hydrogen-bond acceptors (Lipinski definition) is 3. The number of nitrogens with zero attached hydrogens (tertiary/aromatic N) is 4. The maximum absolute atomic E-state index is 12.0. The lowest BCUT2D eigenvalue weighted by Gasteiger charge is -2.35. The van der Waals surface area contributed by atoms with Gasteiger partial charge in [-0.05, 0) is 6.92 Å². The molecule has 7 nitrogen and oxygen atoms in total. The minimum Gasteiger partial charge on any atom is -0.353 e. The van der Waals surface area contributed by atoms with E-state index in [0.29, 0.717) is 25.6 Å². The molecule has 1 N–H and O–H groups in total. The maximum Gasteiger partial charge on any atom is 0.243 e. The van der Waals surface area contributed by atoms with Gasteiger partial charge in [0.15, 0.2) is 5.96 Å². The molecular weight excluding hydrogens is 270 g/mol. The van der Waals surface area contributed by atoms with Gasteiger partial charge in [-0.3, -0.25) is 9.59 Å². The van der Waals surface area contributed by atoms with E-state index in [1.807, 2.05) is 16.7 Å². The maximum atomic E-state index is 12.0. The van der Waals surface area contributed by atoms with Crippen molar-refractivity contribution >= 4 is 17.8 Å². The molecule has 7 heteroatoms. The zero-order valence-corrected chi connectivity index (χ0v) is 13.1. The van der Waals surface area contributed by atoms with Crippen molar-refractivity contribution in [2.75, 3.05) is 53.4 Å². The molecule has 1 aliphatic heterocycles. The molecule has 0 aliphatic carbocycles. The molecule has 0 bridgehead atoms. The quantitative estimate of drug-likeness (QED) is 0.417. The van der Waals surface area contributed by atoms with Crippen LogP contribution in [0.3, 0.4) is 0 Å². The Morgan fingerprint density at radius 3 is 2.71 bits per heavy atom. The smallest absolute Gasteiger partial charge is 0.243 e. The fraction of sp³-hybridized carbons (Fsp3) is 0.643. The Bertz CT molecular complexity index is 420. The summed E-state index contributed by atoms with van der Waals surface area (Å²) in [5, 5.41) is 3.10. The Labute approximate surface area is 126 Å². The van der Waals surface area contributed by atoms with Crippen LogP contribution in [0.25, 0.3) is 0 Å². The lowest BCUT2D eigenvalue weighted by atomic mass is 10.3. The number of hydrogen-bond donors (Lipinski definition) is 1. The standard InChI is InChI=1S/C14H25N5O2/c1-5-7-15-14(16-10-12(20)17(3)4)19-9-8-18(6-2)13(21)11-19/h5H,1,6-11H2,2-4H3,(H,15,16). The molecule has 1 aliphatic rings. The highest BCUT2D eigenvalue weighted by atomic mass is 16.2. The van der Waals surface area contributed by atoms with Crippen molar-refractivity contribution in [3.63, 3.8) is 0 Å². The Morgan fingerprint density at radius 2 is 2.19 bits per heavy atom. The molecule has 118 valence electrons. The van der Waals surface area contributed by atoms with Crippen LogP contribution in [-0.4, -0.2) is 85.8 Å². The Morgan fingerprint density at radius 1 is 1.48 bits per heavy atom. The van der Waals surface area contributed by atoms with Crippen LogP contribution in [0.5, 0.6) is 0 Å². The fourth-order valence-corrected chi connectivity index (χ4v) is 1.94. The number of amides is 2. The van der Waals surface area contributed by atoms with Gasteiger partial charge in [-0.25, -0.2) is 4.99 Å². The lowest BCUT2D eigenvalue weighted by Crippen LogP contribution is -2.55. The van der Waals surface area contributed by atoms with E-state index in [1.54, 1.807) is 20.2 Å². The number of carbonyl (C=O) groups is 2. The highest BCUT2D eigenvalue weighted by molar-refractivity contribution is 5.89. The summed E-state index contributed by atoms with van der Waals surface area (Å²) in [6.45, 7) is 8.61. The summed E-state index contributed by atoms with van der Waals surface area (Å²) >= 11 is 0. The minimum absolute atomic E-state index is 0.0641. The molecule has 0 aromatic rings. The third-order valence-corrected chi connectivity index (χ3v) is 3.27. The van der Waals surface area contributed by atoms with E-state index in [0.717, 1.165) is 6.54 Å². The molecule has 0 unspecified atom stereocenters. The first-order valence-corrected chi connectivity index (χ1v) is 7.11. The molecule has 0 atom stereocenters. The van der Waals surface area contributed by atoms with Crippen LogP contribution < -0.4 is 5.32 Å². The SMILES string of the molecule is C=CCNC(=NCC(=O)N(C)C)N1CCN(CC)C(=O)C1. The largest absolute Gasteiger partial charge is 0.353 e. The highest BCUT2D eigenvalue weighted by Gasteiger charge is 2.24. The number of guanidine groups is 1. The van der Waals surface area contributed by atoms with Crippen LogP contribution >= 0.6 is 0 Å². The van der Waals surface area contributed by atoms with Crippen molar-refractivity contribution in [3.05, 3.63) is 12.7 Å². The zero-order chi connectivity index (χ0) is 15.8. The molecule has 0 aromatic carbocycles. The fourth-order valence-electron chi connectivity index (χ4n) is 1.94. The molecule has 21 heavy (non-hydrogen) atoms. The van der Waals surface area contributed by atoms with E-state index in [2.05, 4.69) is 16.9 Å². The second-order valence-electron chi connectivity index (χ2n) is 4.99. The van der Waals surface area contributed by atoms with Crippen molar-refractivity contribution in [2.24, 2.45) is 4.99 Å². The van der Waals surface area contributed by atoms with Crippen molar-refractivity contribution in [3.8, 4) is 0 Å². The summed E-state index contributed by atoms with van der Waals surface area (Å²) in [5.74, 6) is 0.580. The van der Waals surface area contributed by atoms with Crippen LogP contribution in [0.1, 0.15) is 6.92 Å². The lowest BCUT2D eigenvalue weighted by molar-refractivity contribution is -0.134. The first-order chi connectivity index (χ1) is 9.99. The second-order valence-corrected chi connectivity index (χ2v) is 4.99. The Kier molecular flexibility index (Phi) is 6.71. The van der Waals surface area contributed by atoms with Crippen molar-refractivity contribution in [1.29, 1.82) is 0 Å². The van der Waals surface area contributed by atoms with E-state index in [9.17, 15) is 9.59 Å². The van der Waals surface area contributed by atoms with Gasteiger partial charge in [0, 0.05) is 40.3 Å². The molecule has 1 heterocycles. The monoisotopic (exact) mass is 295 g/mol. The molecule has 1 rings (SSSR count). The van der Waals surface area contributed by atoms with Crippen molar-refractivity contribution < 1.29 is 9.59 Å². The van der Waals surface area contributed by atoms with Crippen molar-refractivity contribution in [2.45, 2.75) is 6.92 Å². The molecule has 0 spiro atoms. The summed E-state index contributed by atoms with van der Waals surface area (Å²) in [5.41, 5.74) is 0. The third kappa shape index (κ3) is 5.09. The van der Waals surface area contributed by atoms with Gasteiger partial charge in [-0.15, -0.1) is 6.58 Å². The average Bonchev–Trinajstić information content (AvgIpc) is 2.46. The summed E-state index contributed by atoms with van der Waals surface area (Å²) in [6.07, 6.45) is 1.72. The average molecular weight is 295 g/mol. The van der Waals surface area contributed by atoms with E-state index in [4.69, 9.17) is 0 Å². The van der Waals surface area contributed by atoms with Gasteiger partial charge >= 0.3 is 0 Å². The zero-order valence-electron chi connectivity index (χ0n) is 13.1. The number of piperazine rings is 1. The second kappa shape index (κ2) is 8.28. The molecule has 0 aromatic heterocycles. The van der Waals surface area contributed by atoms with E-state index < -0.39 is 0 Å². The van der Waals surface area contributed by atoms with Gasteiger partial charge < -0.3 is 20.0 Å². The van der Waals surface area contributed by atoms with E-state index >= 15 is 0 Å². The first kappa shape index (κ1) is 17.0. The molecule has 1 saturated heterocycles. The van der Waals surface area contributed by atoms with Crippen LogP contribution in [0.2, 0.25) is 0 Å². The van der Waals surface area contributed by atoms with Gasteiger partial charge in [0.25, 0.3) is 0 Å². The minimum atomic E-state index is -0.0774. The van der Waals surface area contributed by atoms with Crippen LogP contribution in [0.4, 0.5) is 0 Å². The van der Waals surface area contributed by atoms with Gasteiger partial charge in [0.1, 0.15) is 6.54 Å². The summed E-state index contributed by atoms with van der Waals surface area (Å²) in [6, 6.07) is 0. The molecule has 0 radical (unpaired) electrons. The predicted molar refractivity (Wildman–Crippen MR) is 83.0 cm³/mol. The summed E-state index contributed by atoms with van der Waals surface area (Å²) in [7, 11) is 3.39. The number of aliphatic imine (C=N–C) groups is 1. The van der Waals surface area contributed by atoms with Crippen LogP contribution in [0.15, 0.2) is 17.6 Å². The number of carbonyl (C=O) groups excluding carboxylic acids is 2. The van der Waals surface area contributed by atoms with Crippen LogP contribution in [-0.2, 0) is 9.59 Å². The van der Waals surface area contributed by atoms with Crippen molar-refractivity contribution in [1.82, 2.24) is 20.0 Å². The first-order valence-electron chi connectivity index (χ1n) is 7.11. The van der Waals surface area contributed by atoms with Crippen LogP contribution in [0, 0.1) is 0 Å². The molecule has 1 fully saturated rings. The van der Waals surface area contributed by atoms with Gasteiger partial charge in [-0.2, -0.15) is 0 Å². The number of nitrogens with one attached hydrogen (secondary N) is 1. The Hall–Kier alpha value is -2.05. The molecular formula is C14H25N5O2. The summed E-state index contributed by atoms with van der Waals surface area (Å²) in [4.78, 5) is 33.1. The Balaban J connectivity index is 2.73. The normalized spacial score (nSPS) is 16.0. The predicted octanol–water partition coefficient (Wildman–Crippen LogP) is -0.630. The number of rotatable bonds is 5. The number of likely N-dealkylation sites (N-methyl/N-ethyl adjacent to an activating group) is 2. The van der Waals surface area contributed by atoms with Gasteiger partial charge in [-0.1, -0.05) is 6.08 Å². The summed E-state index contributed by atoms with van der Waals surface area (Å²) < 4.78 is 0. The van der Waals surface area contributed by atoms with Gasteiger partial charge in [0.05, 0.1) is 6.54 Å².